The number of hydrogen-bond acceptors (Lipinski definition) is 10. The molecule has 61 heavy (non-hydrogen) atoms. The van der Waals surface area contributed by atoms with Crippen LogP contribution in [0.3, 0.4) is 0 Å². The number of rotatable bonds is 17. The first-order valence-electron chi connectivity index (χ1n) is 20.3. The van der Waals surface area contributed by atoms with Crippen LogP contribution in [0.4, 0.5) is 11.6 Å². The number of amides is 5. The number of hydrogen-bond donors (Lipinski definition) is 4. The predicted octanol–water partition coefficient (Wildman–Crippen LogP) is 3.73. The van der Waals surface area contributed by atoms with E-state index in [1.54, 1.807) is 63.0 Å². The standard InChI is InChI=1S/C44H46N12O5/c1-2-28-7-5-11-37(47-28)49-39(57)23-54(31-18-19-31)42(60)26-56-36-20-14-27(21-33(36)43(52-56)44(46)61)13-15-29-8-6-12-38(48-29)50-40(58)24-53(30-16-17-30)41(59)25-55-35-10-4-3-9-32(35)34(22-45)51-55/h3-15,20-21,30-31H,2,16-19,22-26,45H2,1H3,(H2,46,61)(H,47,49,57)(H,48,50,58)/b15-13+. The summed E-state index contributed by atoms with van der Waals surface area (Å²) in [6.07, 6.45) is 7.50. The van der Waals surface area contributed by atoms with Gasteiger partial charge in [0.25, 0.3) is 5.91 Å². The summed E-state index contributed by atoms with van der Waals surface area (Å²) in [5.41, 5.74) is 15.8. The number of nitrogens with zero attached hydrogens (tertiary/aromatic N) is 8. The fourth-order valence-corrected chi connectivity index (χ4v) is 7.34. The molecule has 2 fully saturated rings. The minimum atomic E-state index is -0.750. The number of carbonyl (C=O) groups excluding carboxylic acids is 5. The van der Waals surface area contributed by atoms with Crippen molar-refractivity contribution >= 4 is 75.1 Å². The third kappa shape index (κ3) is 9.47. The van der Waals surface area contributed by atoms with Gasteiger partial charge in [-0.2, -0.15) is 10.2 Å². The maximum absolute atomic E-state index is 13.6. The summed E-state index contributed by atoms with van der Waals surface area (Å²) in [4.78, 5) is 78.1. The maximum Gasteiger partial charge on any atom is 0.269 e. The lowest BCUT2D eigenvalue weighted by atomic mass is 10.1. The zero-order valence-electron chi connectivity index (χ0n) is 33.7. The van der Waals surface area contributed by atoms with E-state index >= 15 is 0 Å². The topological polar surface area (TPSA) is 229 Å². The van der Waals surface area contributed by atoms with Crippen molar-refractivity contribution in [3.8, 4) is 0 Å². The Hall–Kier alpha value is -7.27. The van der Waals surface area contributed by atoms with Gasteiger partial charge < -0.3 is 31.9 Å². The van der Waals surface area contributed by atoms with Crippen LogP contribution in [0.1, 0.15) is 65.7 Å². The molecule has 0 radical (unpaired) electrons. The minimum absolute atomic E-state index is 0.00971. The Balaban J connectivity index is 0.914. The van der Waals surface area contributed by atoms with Crippen molar-refractivity contribution in [2.24, 2.45) is 11.5 Å². The summed E-state index contributed by atoms with van der Waals surface area (Å²) in [5.74, 6) is -1.25. The van der Waals surface area contributed by atoms with Gasteiger partial charge >= 0.3 is 0 Å². The van der Waals surface area contributed by atoms with E-state index in [2.05, 4.69) is 30.8 Å². The molecule has 2 saturated carbocycles. The van der Waals surface area contributed by atoms with Gasteiger partial charge in [0.15, 0.2) is 5.69 Å². The lowest BCUT2D eigenvalue weighted by molar-refractivity contribution is -0.136. The van der Waals surface area contributed by atoms with Crippen LogP contribution in [-0.2, 0) is 45.2 Å². The summed E-state index contributed by atoms with van der Waals surface area (Å²) in [6, 6.07) is 23.5. The van der Waals surface area contributed by atoms with E-state index in [1.165, 1.54) is 4.68 Å². The molecule has 312 valence electrons. The van der Waals surface area contributed by atoms with Crippen molar-refractivity contribution in [2.75, 3.05) is 23.7 Å². The van der Waals surface area contributed by atoms with E-state index in [0.29, 0.717) is 39.5 Å². The number of nitrogens with two attached hydrogens (primary N) is 2. The van der Waals surface area contributed by atoms with Crippen molar-refractivity contribution in [1.82, 2.24) is 39.3 Å². The van der Waals surface area contributed by atoms with E-state index in [4.69, 9.17) is 11.5 Å². The zero-order chi connectivity index (χ0) is 42.6. The highest BCUT2D eigenvalue weighted by atomic mass is 16.2. The largest absolute Gasteiger partial charge is 0.364 e. The SMILES string of the molecule is CCc1cccc(NC(=O)CN(C(=O)Cn2nc(C(N)=O)c3cc(/C=C/c4cccc(NC(=O)CN(C(=O)Cn5nc(CN)c6ccccc65)C5CC5)n4)ccc32)C2CC2)n1. The fourth-order valence-electron chi connectivity index (χ4n) is 7.34. The predicted molar refractivity (Wildman–Crippen MR) is 229 cm³/mol. The lowest BCUT2D eigenvalue weighted by Crippen LogP contribution is -2.41. The molecule has 0 atom stereocenters. The van der Waals surface area contributed by atoms with Gasteiger partial charge in [-0.05, 0) is 86.2 Å². The maximum atomic E-state index is 13.6. The first kappa shape index (κ1) is 40.5. The number of aromatic nitrogens is 6. The number of fused-ring (bicyclic) bond motifs is 2. The average Bonchev–Trinajstić information content (AvgIpc) is 4.20. The quantitative estimate of drug-likeness (QED) is 0.104. The van der Waals surface area contributed by atoms with Crippen LogP contribution in [-0.4, -0.2) is 94.0 Å². The highest BCUT2D eigenvalue weighted by Gasteiger charge is 2.35. The number of para-hydroxylation sites is 1. The number of pyridine rings is 2. The second-order valence-electron chi connectivity index (χ2n) is 15.2. The molecule has 6 N–H and O–H groups in total. The molecule has 5 amide bonds. The summed E-state index contributed by atoms with van der Waals surface area (Å²) in [7, 11) is 0. The smallest absolute Gasteiger partial charge is 0.269 e. The molecule has 0 saturated heterocycles. The first-order valence-corrected chi connectivity index (χ1v) is 20.3. The van der Waals surface area contributed by atoms with Crippen LogP contribution in [0.25, 0.3) is 34.0 Å². The van der Waals surface area contributed by atoms with Crippen LogP contribution in [0.5, 0.6) is 0 Å². The van der Waals surface area contributed by atoms with Gasteiger partial charge in [-0.3, -0.25) is 33.3 Å². The Morgan fingerprint density at radius 1 is 0.721 bits per heavy atom. The molecule has 0 aliphatic heterocycles. The van der Waals surface area contributed by atoms with Crippen molar-refractivity contribution in [2.45, 2.75) is 70.7 Å². The van der Waals surface area contributed by atoms with E-state index in [-0.39, 0.29) is 74.1 Å². The molecule has 0 bridgehead atoms. The molecular weight excluding hydrogens is 777 g/mol. The second kappa shape index (κ2) is 17.5. The monoisotopic (exact) mass is 822 g/mol. The summed E-state index contributed by atoms with van der Waals surface area (Å²) in [5, 5.41) is 15.9. The van der Waals surface area contributed by atoms with Crippen molar-refractivity contribution < 1.29 is 24.0 Å². The second-order valence-corrected chi connectivity index (χ2v) is 15.2. The number of benzene rings is 2. The molecule has 4 aromatic heterocycles. The fraction of sp³-hybridized carbons (Fsp3) is 0.295. The molecule has 17 nitrogen and oxygen atoms in total. The molecular formula is C44H46N12O5. The van der Waals surface area contributed by atoms with Crippen LogP contribution in [0.15, 0.2) is 78.9 Å². The number of primary amides is 1. The number of anilines is 2. The number of carbonyl (C=O) groups is 5. The summed E-state index contributed by atoms with van der Waals surface area (Å²) >= 11 is 0. The molecule has 2 aromatic carbocycles. The third-order valence-electron chi connectivity index (χ3n) is 10.7. The average molecular weight is 823 g/mol. The Bertz CT molecular complexity index is 2700. The Kier molecular flexibility index (Phi) is 11.6. The lowest BCUT2D eigenvalue weighted by Gasteiger charge is -2.22. The van der Waals surface area contributed by atoms with Gasteiger partial charge in [0.05, 0.1) is 22.4 Å². The minimum Gasteiger partial charge on any atom is -0.364 e. The van der Waals surface area contributed by atoms with Crippen molar-refractivity contribution in [1.29, 1.82) is 0 Å². The highest BCUT2D eigenvalue weighted by Crippen LogP contribution is 2.29. The summed E-state index contributed by atoms with van der Waals surface area (Å²) in [6.45, 7) is 1.74. The number of nitrogens with one attached hydrogen (secondary N) is 2. The molecule has 0 spiro atoms. The molecule has 6 aromatic rings. The van der Waals surface area contributed by atoms with Gasteiger partial charge in [-0.15, -0.1) is 0 Å². The zero-order valence-corrected chi connectivity index (χ0v) is 33.7. The van der Waals surface area contributed by atoms with Gasteiger partial charge in [-0.1, -0.05) is 49.4 Å². The number of aryl methyl sites for hydroxylation is 1. The van der Waals surface area contributed by atoms with Crippen LogP contribution in [0.2, 0.25) is 0 Å². The molecule has 2 aliphatic carbocycles. The van der Waals surface area contributed by atoms with E-state index in [0.717, 1.165) is 48.7 Å². The normalized spacial score (nSPS) is 13.7. The van der Waals surface area contributed by atoms with Gasteiger partial charge in [0, 0.05) is 35.1 Å². The molecule has 4 heterocycles. The van der Waals surface area contributed by atoms with Crippen LogP contribution < -0.4 is 22.1 Å². The summed E-state index contributed by atoms with van der Waals surface area (Å²) < 4.78 is 3.08. The molecule has 2 aliphatic rings. The first-order chi connectivity index (χ1) is 29.6. The van der Waals surface area contributed by atoms with Crippen molar-refractivity contribution in [3.63, 3.8) is 0 Å². The van der Waals surface area contributed by atoms with Crippen molar-refractivity contribution in [3.05, 3.63) is 107 Å². The third-order valence-corrected chi connectivity index (χ3v) is 10.7. The molecule has 8 rings (SSSR count). The van der Waals surface area contributed by atoms with Crippen LogP contribution >= 0.6 is 0 Å². The van der Waals surface area contributed by atoms with Gasteiger partial charge in [0.1, 0.15) is 37.8 Å². The van der Waals surface area contributed by atoms with Gasteiger partial charge in [-0.25, -0.2) is 9.97 Å². The van der Waals surface area contributed by atoms with E-state index in [1.807, 2.05) is 49.4 Å². The Labute approximate surface area is 350 Å². The Morgan fingerprint density at radius 2 is 1.33 bits per heavy atom. The molecule has 17 heteroatoms. The molecule has 0 unspecified atom stereocenters. The van der Waals surface area contributed by atoms with E-state index in [9.17, 15) is 24.0 Å². The highest BCUT2D eigenvalue weighted by molar-refractivity contribution is 6.05. The van der Waals surface area contributed by atoms with E-state index < -0.39 is 5.91 Å². The van der Waals surface area contributed by atoms with Crippen LogP contribution in [0, 0.1) is 0 Å². The Morgan fingerprint density at radius 3 is 1.95 bits per heavy atom. The van der Waals surface area contributed by atoms with Gasteiger partial charge in [0.2, 0.25) is 23.6 Å².